The average Bonchev–Trinajstić information content (AvgIpc) is 1.49. The van der Waals surface area contributed by atoms with Crippen molar-refractivity contribution in [3.8, 4) is 0 Å². The van der Waals surface area contributed by atoms with Gasteiger partial charge >= 0.3 is 6.18 Å². The maximum absolute atomic E-state index is 12.2. The number of carbonyl (C=O) groups excluding carboxylic acids is 1. The molecule has 0 aliphatic carbocycles. The fourth-order valence-electron chi connectivity index (χ4n) is 1.08. The van der Waals surface area contributed by atoms with E-state index in [2.05, 4.69) is 5.73 Å². The lowest BCUT2D eigenvalue weighted by Crippen LogP contribution is -2.45. The normalized spacial score (nSPS) is 15.8. The van der Waals surface area contributed by atoms with Crippen LogP contribution in [0, 0.1) is 0 Å². The summed E-state index contributed by atoms with van der Waals surface area (Å²) in [6.45, 7) is 4.40. The minimum Gasteiger partial charge on any atom is -0.369 e. The van der Waals surface area contributed by atoms with Crippen LogP contribution in [0.15, 0.2) is 0 Å². The van der Waals surface area contributed by atoms with Gasteiger partial charge in [-0.2, -0.15) is 13.2 Å². The van der Waals surface area contributed by atoms with Crippen LogP contribution in [0.25, 0.3) is 0 Å². The van der Waals surface area contributed by atoms with Crippen molar-refractivity contribution >= 4 is 14.0 Å². The maximum Gasteiger partial charge on any atom is 0.398 e. The molecule has 72 valence electrons. The van der Waals surface area contributed by atoms with Crippen LogP contribution in [0.1, 0.15) is 0 Å². The zero-order valence-corrected chi connectivity index (χ0v) is 8.20. The standard InChI is InChI=1S/C6H12F3NOSi/c1-12(2,3)4(5(10)11)6(7,8)9/h4H,1-3H3,(H2,10,11). The topological polar surface area (TPSA) is 43.1 Å². The molecule has 0 aliphatic heterocycles. The number of hydrogen-bond acceptors (Lipinski definition) is 1. The molecule has 2 nitrogen and oxygen atoms in total. The van der Waals surface area contributed by atoms with Crippen LogP contribution < -0.4 is 5.73 Å². The summed E-state index contributed by atoms with van der Waals surface area (Å²) in [6.07, 6.45) is -4.49. The molecular weight excluding hydrogens is 187 g/mol. The molecule has 0 aromatic carbocycles. The predicted octanol–water partition coefficient (Wildman–Crippen LogP) is 1.74. The third-order valence-electron chi connectivity index (χ3n) is 1.48. The Morgan fingerprint density at radius 2 is 1.67 bits per heavy atom. The van der Waals surface area contributed by atoms with E-state index in [1.165, 1.54) is 19.6 Å². The Balaban J connectivity index is 4.82. The first-order valence-corrected chi connectivity index (χ1v) is 7.00. The van der Waals surface area contributed by atoms with Gasteiger partial charge in [0, 0.05) is 0 Å². The number of alkyl halides is 3. The summed E-state index contributed by atoms with van der Waals surface area (Å²) in [4.78, 5) is 10.5. The van der Waals surface area contributed by atoms with Gasteiger partial charge in [0.25, 0.3) is 0 Å². The fourth-order valence-corrected chi connectivity index (χ4v) is 2.91. The van der Waals surface area contributed by atoms with Crippen molar-refractivity contribution in [1.82, 2.24) is 0 Å². The first kappa shape index (κ1) is 11.5. The molecule has 0 spiro atoms. The number of primary amides is 1. The summed E-state index contributed by atoms with van der Waals surface area (Å²) >= 11 is 0. The van der Waals surface area contributed by atoms with Gasteiger partial charge in [0.15, 0.2) is 0 Å². The van der Waals surface area contributed by atoms with Gasteiger partial charge in [0.1, 0.15) is 5.54 Å². The predicted molar refractivity (Wildman–Crippen MR) is 42.3 cm³/mol. The van der Waals surface area contributed by atoms with Crippen molar-refractivity contribution < 1.29 is 18.0 Å². The molecule has 0 aliphatic rings. The van der Waals surface area contributed by atoms with E-state index < -0.39 is 25.7 Å². The van der Waals surface area contributed by atoms with Gasteiger partial charge in [-0.3, -0.25) is 4.79 Å². The molecule has 0 radical (unpaired) electrons. The van der Waals surface area contributed by atoms with Crippen molar-refractivity contribution in [1.29, 1.82) is 0 Å². The third kappa shape index (κ3) is 2.84. The van der Waals surface area contributed by atoms with Crippen LogP contribution >= 0.6 is 0 Å². The Labute approximate surface area is 69.9 Å². The lowest BCUT2D eigenvalue weighted by atomic mass is 10.4. The number of carbonyl (C=O) groups is 1. The lowest BCUT2D eigenvalue weighted by Gasteiger charge is -2.27. The molecule has 0 aromatic heterocycles. The van der Waals surface area contributed by atoms with Crippen molar-refractivity contribution in [3.63, 3.8) is 0 Å². The number of hydrogen-bond donors (Lipinski definition) is 1. The maximum atomic E-state index is 12.2. The number of halogens is 3. The van der Waals surface area contributed by atoms with Crippen molar-refractivity contribution in [2.75, 3.05) is 0 Å². The van der Waals surface area contributed by atoms with Crippen LogP contribution in [0.4, 0.5) is 13.2 Å². The quantitative estimate of drug-likeness (QED) is 0.676. The second-order valence-electron chi connectivity index (χ2n) is 3.74. The van der Waals surface area contributed by atoms with E-state index in [1.807, 2.05) is 0 Å². The summed E-state index contributed by atoms with van der Waals surface area (Å²) < 4.78 is 36.6. The Morgan fingerprint density at radius 3 is 1.67 bits per heavy atom. The molecule has 0 saturated heterocycles. The molecule has 12 heavy (non-hydrogen) atoms. The molecule has 1 unspecified atom stereocenters. The molecular formula is C6H12F3NOSi. The van der Waals surface area contributed by atoms with E-state index in [1.54, 1.807) is 0 Å². The van der Waals surface area contributed by atoms with Gasteiger partial charge in [-0.15, -0.1) is 0 Å². The van der Waals surface area contributed by atoms with Gasteiger partial charge in [-0.05, 0) is 0 Å². The Bertz CT molecular complexity index is 170. The monoisotopic (exact) mass is 199 g/mol. The highest BCUT2D eigenvalue weighted by molar-refractivity contribution is 6.80. The van der Waals surface area contributed by atoms with E-state index in [-0.39, 0.29) is 0 Å². The highest BCUT2D eigenvalue weighted by Gasteiger charge is 2.51. The first-order valence-electron chi connectivity index (χ1n) is 3.43. The molecule has 2 N–H and O–H groups in total. The third-order valence-corrected chi connectivity index (χ3v) is 3.82. The number of amides is 1. The number of rotatable bonds is 2. The largest absolute Gasteiger partial charge is 0.398 e. The second kappa shape index (κ2) is 3.08. The molecule has 0 heterocycles. The summed E-state index contributed by atoms with van der Waals surface area (Å²) in [7, 11) is -2.58. The minimum atomic E-state index is -4.49. The summed E-state index contributed by atoms with van der Waals surface area (Å²) in [5.74, 6) is -1.26. The van der Waals surface area contributed by atoms with Gasteiger partial charge in [-0.1, -0.05) is 19.6 Å². The Kier molecular flexibility index (Phi) is 2.95. The van der Waals surface area contributed by atoms with E-state index >= 15 is 0 Å². The molecule has 0 fully saturated rings. The molecule has 0 saturated carbocycles. The Morgan fingerprint density at radius 1 is 1.33 bits per heavy atom. The van der Waals surface area contributed by atoms with E-state index in [4.69, 9.17) is 0 Å². The zero-order chi connectivity index (χ0) is 10.2. The van der Waals surface area contributed by atoms with Crippen LogP contribution in [-0.2, 0) is 4.79 Å². The van der Waals surface area contributed by atoms with Crippen molar-refractivity contribution in [3.05, 3.63) is 0 Å². The van der Waals surface area contributed by atoms with E-state index in [9.17, 15) is 18.0 Å². The van der Waals surface area contributed by atoms with E-state index in [0.717, 1.165) is 0 Å². The smallest absolute Gasteiger partial charge is 0.369 e. The summed E-state index contributed by atoms with van der Waals surface area (Å²) in [5.41, 5.74) is 2.74. The first-order chi connectivity index (χ1) is 5.07. The summed E-state index contributed by atoms with van der Waals surface area (Å²) in [6, 6.07) is 0. The minimum absolute atomic E-state index is 1.26. The van der Waals surface area contributed by atoms with Crippen LogP contribution in [0.5, 0.6) is 0 Å². The van der Waals surface area contributed by atoms with Crippen LogP contribution in [-0.4, -0.2) is 20.2 Å². The molecule has 1 atom stereocenters. The SMILES string of the molecule is C[Si](C)(C)C(C(N)=O)C(F)(F)F. The molecule has 1 amide bonds. The highest BCUT2D eigenvalue weighted by atomic mass is 28.3. The number of nitrogens with two attached hydrogens (primary N) is 1. The Hall–Kier alpha value is -0.523. The van der Waals surface area contributed by atoms with Gasteiger partial charge in [0.2, 0.25) is 5.91 Å². The van der Waals surface area contributed by atoms with Crippen molar-refractivity contribution in [2.24, 2.45) is 5.73 Å². The summed E-state index contributed by atoms with van der Waals surface area (Å²) in [5, 5.41) is 0. The molecule has 0 rings (SSSR count). The fraction of sp³-hybridized carbons (Fsp3) is 0.833. The molecule has 0 bridgehead atoms. The van der Waals surface area contributed by atoms with E-state index in [0.29, 0.717) is 0 Å². The zero-order valence-electron chi connectivity index (χ0n) is 7.20. The molecule has 0 aromatic rings. The van der Waals surface area contributed by atoms with Crippen molar-refractivity contribution in [2.45, 2.75) is 31.4 Å². The average molecular weight is 199 g/mol. The lowest BCUT2D eigenvalue weighted by molar-refractivity contribution is -0.152. The van der Waals surface area contributed by atoms with Gasteiger partial charge < -0.3 is 5.73 Å². The highest BCUT2D eigenvalue weighted by Crippen LogP contribution is 2.38. The second-order valence-corrected chi connectivity index (χ2v) is 9.05. The van der Waals surface area contributed by atoms with Crippen LogP contribution in [0.2, 0.25) is 25.2 Å². The van der Waals surface area contributed by atoms with Crippen LogP contribution in [0.3, 0.4) is 0 Å². The van der Waals surface area contributed by atoms with Gasteiger partial charge in [-0.25, -0.2) is 0 Å². The van der Waals surface area contributed by atoms with Gasteiger partial charge in [0.05, 0.1) is 8.07 Å². The molecule has 6 heteroatoms.